The van der Waals surface area contributed by atoms with Crippen LogP contribution in [0.15, 0.2) is 23.1 Å². The molecule has 118 valence electrons. The number of hydrogen-bond donors (Lipinski definition) is 2. The Balaban J connectivity index is 2.07. The zero-order chi connectivity index (χ0) is 15.7. The largest absolute Gasteiger partial charge is 0.310 e. The molecule has 1 aromatic rings. The molecule has 0 heterocycles. The van der Waals surface area contributed by atoms with Gasteiger partial charge in [0.1, 0.15) is 10.7 Å². The van der Waals surface area contributed by atoms with Crippen molar-refractivity contribution in [3.05, 3.63) is 29.6 Å². The first-order valence-electron chi connectivity index (χ1n) is 7.19. The Morgan fingerprint density at radius 3 is 2.48 bits per heavy atom. The number of benzene rings is 1. The summed E-state index contributed by atoms with van der Waals surface area (Å²) in [7, 11) is -3.81. The molecule has 1 fully saturated rings. The quantitative estimate of drug-likeness (QED) is 0.848. The van der Waals surface area contributed by atoms with Crippen molar-refractivity contribution >= 4 is 10.0 Å². The van der Waals surface area contributed by atoms with Crippen molar-refractivity contribution in [1.82, 2.24) is 10.0 Å². The van der Waals surface area contributed by atoms with Gasteiger partial charge in [-0.15, -0.1) is 0 Å². The molecular formula is C15H23FN2O2S. The Morgan fingerprint density at radius 1 is 1.29 bits per heavy atom. The molecule has 0 atom stereocenters. The van der Waals surface area contributed by atoms with E-state index >= 15 is 0 Å². The molecule has 0 spiro atoms. The molecule has 1 aromatic carbocycles. The highest BCUT2D eigenvalue weighted by Crippen LogP contribution is 2.21. The molecule has 1 saturated carbocycles. The minimum absolute atomic E-state index is 0.197. The van der Waals surface area contributed by atoms with E-state index in [2.05, 4.69) is 10.0 Å². The molecule has 0 saturated heterocycles. The molecule has 0 bridgehead atoms. The molecule has 2 rings (SSSR count). The van der Waals surface area contributed by atoms with Crippen LogP contribution in [0.1, 0.15) is 39.2 Å². The summed E-state index contributed by atoms with van der Waals surface area (Å²) in [6.45, 7) is 6.58. The standard InChI is InChI=1S/C15H23FN2O2S/c1-15(2,3)10-18-21(19,20)14-7-4-11(8-13(14)16)9-17-12-5-6-12/h4,7-8,12,17-18H,5-6,9-10H2,1-3H3. The van der Waals surface area contributed by atoms with Gasteiger partial charge in [-0.1, -0.05) is 26.8 Å². The van der Waals surface area contributed by atoms with Crippen molar-refractivity contribution in [2.75, 3.05) is 6.54 Å². The minimum atomic E-state index is -3.81. The maximum absolute atomic E-state index is 14.1. The number of rotatable bonds is 6. The highest BCUT2D eigenvalue weighted by molar-refractivity contribution is 7.89. The predicted molar refractivity (Wildman–Crippen MR) is 80.9 cm³/mol. The third-order valence-corrected chi connectivity index (χ3v) is 4.69. The summed E-state index contributed by atoms with van der Waals surface area (Å²) in [6, 6.07) is 4.82. The van der Waals surface area contributed by atoms with Gasteiger partial charge in [0.25, 0.3) is 0 Å². The van der Waals surface area contributed by atoms with Crippen molar-refractivity contribution in [3.63, 3.8) is 0 Å². The van der Waals surface area contributed by atoms with Crippen LogP contribution in [-0.2, 0) is 16.6 Å². The van der Waals surface area contributed by atoms with Crippen molar-refractivity contribution in [3.8, 4) is 0 Å². The lowest BCUT2D eigenvalue weighted by atomic mass is 9.98. The molecule has 0 unspecified atom stereocenters. The molecule has 0 radical (unpaired) electrons. The van der Waals surface area contributed by atoms with Crippen LogP contribution in [0.4, 0.5) is 4.39 Å². The second-order valence-electron chi connectivity index (χ2n) is 6.81. The lowest BCUT2D eigenvalue weighted by Crippen LogP contribution is -2.32. The topological polar surface area (TPSA) is 58.2 Å². The lowest BCUT2D eigenvalue weighted by Gasteiger charge is -2.19. The van der Waals surface area contributed by atoms with Crippen LogP contribution in [-0.4, -0.2) is 21.0 Å². The van der Waals surface area contributed by atoms with Crippen LogP contribution in [0.25, 0.3) is 0 Å². The van der Waals surface area contributed by atoms with Gasteiger partial charge in [-0.3, -0.25) is 0 Å². The van der Waals surface area contributed by atoms with E-state index in [0.29, 0.717) is 12.6 Å². The molecule has 21 heavy (non-hydrogen) atoms. The van der Waals surface area contributed by atoms with Crippen molar-refractivity contribution in [2.45, 2.75) is 51.1 Å². The first-order chi connectivity index (χ1) is 9.67. The van der Waals surface area contributed by atoms with Crippen molar-refractivity contribution in [1.29, 1.82) is 0 Å². The van der Waals surface area contributed by atoms with Gasteiger partial charge in [-0.05, 0) is 36.0 Å². The smallest absolute Gasteiger partial charge is 0.243 e. The number of sulfonamides is 1. The first kappa shape index (κ1) is 16.4. The summed E-state index contributed by atoms with van der Waals surface area (Å²) in [4.78, 5) is -0.290. The molecule has 2 N–H and O–H groups in total. The molecule has 1 aliphatic rings. The molecule has 1 aliphatic carbocycles. The Labute approximate surface area is 126 Å². The van der Waals surface area contributed by atoms with Crippen LogP contribution < -0.4 is 10.0 Å². The van der Waals surface area contributed by atoms with Gasteiger partial charge >= 0.3 is 0 Å². The summed E-state index contributed by atoms with van der Waals surface area (Å²) < 4.78 is 40.8. The van der Waals surface area contributed by atoms with Crippen molar-refractivity contribution < 1.29 is 12.8 Å². The Hall–Kier alpha value is -0.980. The van der Waals surface area contributed by atoms with Crippen LogP contribution in [0.3, 0.4) is 0 Å². The van der Waals surface area contributed by atoms with E-state index in [4.69, 9.17) is 0 Å². The van der Waals surface area contributed by atoms with E-state index < -0.39 is 15.8 Å². The monoisotopic (exact) mass is 314 g/mol. The molecule has 0 amide bonds. The lowest BCUT2D eigenvalue weighted by molar-refractivity contribution is 0.407. The van der Waals surface area contributed by atoms with Gasteiger partial charge < -0.3 is 5.32 Å². The van der Waals surface area contributed by atoms with Gasteiger partial charge in [0, 0.05) is 19.1 Å². The average molecular weight is 314 g/mol. The third kappa shape index (κ3) is 5.05. The summed E-state index contributed by atoms with van der Waals surface area (Å²) in [6.07, 6.45) is 2.32. The fourth-order valence-corrected chi connectivity index (χ4v) is 3.15. The second-order valence-corrected chi connectivity index (χ2v) is 8.54. The average Bonchev–Trinajstić information content (AvgIpc) is 3.17. The normalized spacial score (nSPS) is 16.2. The summed E-state index contributed by atoms with van der Waals surface area (Å²) in [5, 5.41) is 3.27. The zero-order valence-corrected chi connectivity index (χ0v) is 13.6. The highest BCUT2D eigenvalue weighted by atomic mass is 32.2. The van der Waals surface area contributed by atoms with E-state index in [0.717, 1.165) is 18.4 Å². The van der Waals surface area contributed by atoms with Gasteiger partial charge in [-0.2, -0.15) is 0 Å². The summed E-state index contributed by atoms with van der Waals surface area (Å²) in [5.41, 5.74) is 0.562. The predicted octanol–water partition coefficient (Wildman–Crippen LogP) is 2.40. The molecular weight excluding hydrogens is 291 g/mol. The van der Waals surface area contributed by atoms with Gasteiger partial charge in [0.2, 0.25) is 10.0 Å². The Kier molecular flexibility index (Phi) is 4.70. The number of hydrogen-bond acceptors (Lipinski definition) is 3. The third-order valence-electron chi connectivity index (χ3n) is 3.25. The zero-order valence-electron chi connectivity index (χ0n) is 12.7. The second kappa shape index (κ2) is 6.02. The summed E-state index contributed by atoms with van der Waals surface area (Å²) in [5.74, 6) is -0.702. The van der Waals surface area contributed by atoms with Gasteiger partial charge in [0.05, 0.1) is 0 Å². The van der Waals surface area contributed by atoms with Gasteiger partial charge in [0.15, 0.2) is 0 Å². The summed E-state index contributed by atoms with van der Waals surface area (Å²) >= 11 is 0. The van der Waals surface area contributed by atoms with Crippen LogP contribution >= 0.6 is 0 Å². The molecule has 6 heteroatoms. The van der Waals surface area contributed by atoms with E-state index in [1.54, 1.807) is 6.07 Å². The van der Waals surface area contributed by atoms with E-state index in [1.807, 2.05) is 20.8 Å². The van der Waals surface area contributed by atoms with Gasteiger partial charge in [-0.25, -0.2) is 17.5 Å². The van der Waals surface area contributed by atoms with E-state index in [1.165, 1.54) is 12.1 Å². The maximum atomic E-state index is 14.1. The SMILES string of the molecule is CC(C)(C)CNS(=O)(=O)c1ccc(CNC2CC2)cc1F. The first-order valence-corrected chi connectivity index (χ1v) is 8.67. The number of halogens is 1. The van der Waals surface area contributed by atoms with E-state index in [9.17, 15) is 12.8 Å². The maximum Gasteiger partial charge on any atom is 0.243 e. The molecule has 0 aromatic heterocycles. The molecule has 0 aliphatic heterocycles. The van der Waals surface area contributed by atoms with E-state index in [-0.39, 0.29) is 16.9 Å². The minimum Gasteiger partial charge on any atom is -0.310 e. The Morgan fingerprint density at radius 2 is 1.95 bits per heavy atom. The van der Waals surface area contributed by atoms with Crippen LogP contribution in [0, 0.1) is 11.2 Å². The molecule has 4 nitrogen and oxygen atoms in total. The van der Waals surface area contributed by atoms with Crippen LogP contribution in [0.5, 0.6) is 0 Å². The van der Waals surface area contributed by atoms with Crippen LogP contribution in [0.2, 0.25) is 0 Å². The fraction of sp³-hybridized carbons (Fsp3) is 0.600. The fourth-order valence-electron chi connectivity index (χ4n) is 1.81. The van der Waals surface area contributed by atoms with Crippen molar-refractivity contribution in [2.24, 2.45) is 5.41 Å². The Bertz CT molecular complexity index is 605. The highest BCUT2D eigenvalue weighted by Gasteiger charge is 2.23. The number of nitrogens with one attached hydrogen (secondary N) is 2.